The molecule has 0 radical (unpaired) electrons. The van der Waals surface area contributed by atoms with Crippen LogP contribution in [0, 0.1) is 0 Å². The van der Waals surface area contributed by atoms with E-state index < -0.39 is 5.92 Å². The van der Waals surface area contributed by atoms with Gasteiger partial charge in [-0.3, -0.25) is 0 Å². The van der Waals surface area contributed by atoms with Crippen LogP contribution in [0.1, 0.15) is 6.42 Å². The zero-order valence-electron chi connectivity index (χ0n) is 7.72. The molecule has 0 saturated carbocycles. The van der Waals surface area contributed by atoms with Gasteiger partial charge in [-0.1, -0.05) is 0 Å². The topological polar surface area (TPSA) is 15.3 Å². The SMILES string of the molecule is CN(C)C[C@H]1CC(F)(F)CN1.Cl.Cl. The average molecular weight is 237 g/mol. The second-order valence-corrected chi connectivity index (χ2v) is 3.40. The van der Waals surface area contributed by atoms with Gasteiger partial charge in [0.15, 0.2) is 0 Å². The molecule has 1 saturated heterocycles. The molecular formula is C7H16Cl2F2N2. The Labute approximate surface area is 89.9 Å². The summed E-state index contributed by atoms with van der Waals surface area (Å²) in [6.45, 7) is 0.529. The van der Waals surface area contributed by atoms with E-state index in [0.29, 0.717) is 6.54 Å². The molecule has 6 heteroatoms. The van der Waals surface area contributed by atoms with E-state index in [1.54, 1.807) is 0 Å². The molecule has 1 fully saturated rings. The standard InChI is InChI=1S/C7H14F2N2.2ClH/c1-11(2)4-6-3-7(8,9)5-10-6;;/h6,10H,3-5H2,1-2H3;2*1H/t6-;;/m1../s1. The molecule has 0 aromatic heterocycles. The molecule has 2 nitrogen and oxygen atoms in total. The molecule has 1 aliphatic heterocycles. The van der Waals surface area contributed by atoms with Gasteiger partial charge in [-0.2, -0.15) is 0 Å². The van der Waals surface area contributed by atoms with Crippen LogP contribution in [0.2, 0.25) is 0 Å². The minimum Gasteiger partial charge on any atom is -0.308 e. The Hall–Kier alpha value is 0.360. The van der Waals surface area contributed by atoms with E-state index >= 15 is 0 Å². The van der Waals surface area contributed by atoms with Gasteiger partial charge in [-0.15, -0.1) is 24.8 Å². The number of hydrogen-bond acceptors (Lipinski definition) is 2. The van der Waals surface area contributed by atoms with Gasteiger partial charge in [0, 0.05) is 19.0 Å². The lowest BCUT2D eigenvalue weighted by Crippen LogP contribution is -2.33. The molecule has 0 aromatic rings. The third kappa shape index (κ3) is 5.62. The molecule has 0 spiro atoms. The Bertz CT molecular complexity index is 144. The highest BCUT2D eigenvalue weighted by molar-refractivity contribution is 5.85. The number of nitrogens with zero attached hydrogens (tertiary/aromatic N) is 1. The van der Waals surface area contributed by atoms with Crippen molar-refractivity contribution in [2.24, 2.45) is 0 Å². The highest BCUT2D eigenvalue weighted by Gasteiger charge is 2.38. The lowest BCUT2D eigenvalue weighted by Gasteiger charge is -2.15. The fourth-order valence-electron chi connectivity index (χ4n) is 1.37. The normalized spacial score (nSPS) is 25.2. The van der Waals surface area contributed by atoms with Crippen molar-refractivity contribution in [2.45, 2.75) is 18.4 Å². The summed E-state index contributed by atoms with van der Waals surface area (Å²) >= 11 is 0. The second kappa shape index (κ2) is 5.96. The van der Waals surface area contributed by atoms with Crippen LogP contribution >= 0.6 is 24.8 Å². The summed E-state index contributed by atoms with van der Waals surface area (Å²) in [5, 5.41) is 2.79. The summed E-state index contributed by atoms with van der Waals surface area (Å²) in [4.78, 5) is 1.92. The van der Waals surface area contributed by atoms with Crippen molar-refractivity contribution in [2.75, 3.05) is 27.2 Å². The lowest BCUT2D eigenvalue weighted by molar-refractivity contribution is 0.0204. The maximum absolute atomic E-state index is 12.6. The van der Waals surface area contributed by atoms with Gasteiger partial charge in [0.1, 0.15) is 0 Å². The first kappa shape index (κ1) is 15.8. The predicted octanol–water partition coefficient (Wildman–Crippen LogP) is 1.39. The smallest absolute Gasteiger partial charge is 0.261 e. The number of hydrogen-bond donors (Lipinski definition) is 1. The van der Waals surface area contributed by atoms with Crippen molar-refractivity contribution in [1.82, 2.24) is 10.2 Å². The summed E-state index contributed by atoms with van der Waals surface area (Å²) in [6.07, 6.45) is -0.0226. The molecule has 0 aromatic carbocycles. The van der Waals surface area contributed by atoms with Crippen LogP contribution in [0.3, 0.4) is 0 Å². The van der Waals surface area contributed by atoms with Crippen molar-refractivity contribution in [3.05, 3.63) is 0 Å². The summed E-state index contributed by atoms with van der Waals surface area (Å²) in [5.74, 6) is -2.49. The van der Waals surface area contributed by atoms with E-state index in [9.17, 15) is 8.78 Å². The molecule has 1 heterocycles. The van der Waals surface area contributed by atoms with Gasteiger partial charge >= 0.3 is 0 Å². The Morgan fingerprint density at radius 1 is 1.38 bits per heavy atom. The molecule has 1 rings (SSSR count). The van der Waals surface area contributed by atoms with Crippen LogP contribution in [0.15, 0.2) is 0 Å². The van der Waals surface area contributed by atoms with Gasteiger partial charge in [-0.05, 0) is 14.1 Å². The summed E-state index contributed by atoms with van der Waals surface area (Å²) in [6, 6.07) is -0.0417. The molecule has 1 N–H and O–H groups in total. The average Bonchev–Trinajstić information content (AvgIpc) is 2.08. The third-order valence-corrected chi connectivity index (χ3v) is 1.78. The van der Waals surface area contributed by atoms with Crippen LogP contribution < -0.4 is 5.32 Å². The Kier molecular flexibility index (Phi) is 7.25. The molecular weight excluding hydrogens is 221 g/mol. The van der Waals surface area contributed by atoms with Gasteiger partial charge in [0.05, 0.1) is 6.54 Å². The quantitative estimate of drug-likeness (QED) is 0.780. The van der Waals surface area contributed by atoms with Crippen molar-refractivity contribution in [3.63, 3.8) is 0 Å². The van der Waals surface area contributed by atoms with Crippen molar-refractivity contribution in [3.8, 4) is 0 Å². The highest BCUT2D eigenvalue weighted by atomic mass is 35.5. The molecule has 0 unspecified atom stereocenters. The fourth-order valence-corrected chi connectivity index (χ4v) is 1.37. The Balaban J connectivity index is 0. The number of likely N-dealkylation sites (N-methyl/N-ethyl adjacent to an activating group) is 1. The molecule has 1 atom stereocenters. The van der Waals surface area contributed by atoms with Gasteiger partial charge in [-0.25, -0.2) is 8.78 Å². The van der Waals surface area contributed by atoms with Crippen molar-refractivity contribution in [1.29, 1.82) is 0 Å². The number of halogens is 4. The maximum atomic E-state index is 12.6. The molecule has 0 bridgehead atoms. The second-order valence-electron chi connectivity index (χ2n) is 3.40. The Morgan fingerprint density at radius 2 is 1.92 bits per heavy atom. The largest absolute Gasteiger partial charge is 0.308 e. The molecule has 0 aliphatic carbocycles. The Morgan fingerprint density at radius 3 is 2.23 bits per heavy atom. The monoisotopic (exact) mass is 236 g/mol. The predicted molar refractivity (Wildman–Crippen MR) is 54.4 cm³/mol. The van der Waals surface area contributed by atoms with E-state index in [1.807, 2.05) is 19.0 Å². The van der Waals surface area contributed by atoms with Crippen LogP contribution in [0.5, 0.6) is 0 Å². The maximum Gasteiger partial charge on any atom is 0.261 e. The third-order valence-electron chi connectivity index (χ3n) is 1.78. The van der Waals surface area contributed by atoms with Crippen LogP contribution in [-0.2, 0) is 0 Å². The fraction of sp³-hybridized carbons (Fsp3) is 1.00. The number of rotatable bonds is 2. The van der Waals surface area contributed by atoms with Gasteiger partial charge in [0.2, 0.25) is 0 Å². The number of nitrogens with one attached hydrogen (secondary N) is 1. The van der Waals surface area contributed by atoms with Crippen LogP contribution in [0.25, 0.3) is 0 Å². The summed E-state index contributed by atoms with van der Waals surface area (Å²) in [5.41, 5.74) is 0. The van der Waals surface area contributed by atoms with Crippen LogP contribution in [0.4, 0.5) is 8.78 Å². The zero-order chi connectivity index (χ0) is 8.48. The zero-order valence-corrected chi connectivity index (χ0v) is 9.35. The molecule has 0 amide bonds. The number of alkyl halides is 2. The lowest BCUT2D eigenvalue weighted by atomic mass is 10.2. The summed E-state index contributed by atoms with van der Waals surface area (Å²) in [7, 11) is 3.77. The van der Waals surface area contributed by atoms with E-state index in [1.165, 1.54) is 0 Å². The van der Waals surface area contributed by atoms with Crippen LogP contribution in [-0.4, -0.2) is 44.0 Å². The van der Waals surface area contributed by atoms with E-state index in [-0.39, 0.29) is 43.8 Å². The molecule has 82 valence electrons. The van der Waals surface area contributed by atoms with Crippen molar-refractivity contribution < 1.29 is 8.78 Å². The molecule has 1 aliphatic rings. The molecule has 13 heavy (non-hydrogen) atoms. The van der Waals surface area contributed by atoms with Gasteiger partial charge in [0.25, 0.3) is 5.92 Å². The van der Waals surface area contributed by atoms with Gasteiger partial charge < -0.3 is 10.2 Å². The first-order chi connectivity index (χ1) is 4.99. The first-order valence-electron chi connectivity index (χ1n) is 3.75. The highest BCUT2D eigenvalue weighted by Crippen LogP contribution is 2.24. The first-order valence-corrected chi connectivity index (χ1v) is 3.75. The van der Waals surface area contributed by atoms with E-state index in [0.717, 1.165) is 0 Å². The minimum atomic E-state index is -2.49. The van der Waals surface area contributed by atoms with Crippen molar-refractivity contribution >= 4 is 24.8 Å². The summed E-state index contributed by atoms with van der Waals surface area (Å²) < 4.78 is 25.1. The minimum absolute atomic E-state index is 0. The van der Waals surface area contributed by atoms with E-state index in [4.69, 9.17) is 0 Å². The van der Waals surface area contributed by atoms with E-state index in [2.05, 4.69) is 5.32 Å².